The lowest BCUT2D eigenvalue weighted by molar-refractivity contribution is -0.132. The van der Waals surface area contributed by atoms with Gasteiger partial charge in [-0.05, 0) is 82.6 Å². The lowest BCUT2D eigenvalue weighted by atomic mass is 9.94. The largest absolute Gasteiger partial charge is 0.507 e. The van der Waals surface area contributed by atoms with Crippen LogP contribution in [0, 0.1) is 6.92 Å². The number of benzene rings is 3. The van der Waals surface area contributed by atoms with Gasteiger partial charge in [-0.3, -0.25) is 14.5 Å². The Morgan fingerprint density at radius 2 is 1.55 bits per heavy atom. The van der Waals surface area contributed by atoms with Crippen molar-refractivity contribution in [1.29, 1.82) is 0 Å². The van der Waals surface area contributed by atoms with Crippen LogP contribution in [0.1, 0.15) is 60.8 Å². The minimum Gasteiger partial charge on any atom is -0.507 e. The van der Waals surface area contributed by atoms with E-state index in [9.17, 15) is 19.5 Å². The molecule has 38 heavy (non-hydrogen) atoms. The third-order valence-electron chi connectivity index (χ3n) is 6.00. The number of ether oxygens (including phenoxy) is 2. The molecule has 1 unspecified atom stereocenters. The molecule has 0 bridgehead atoms. The number of anilines is 1. The second-order valence-corrected chi connectivity index (χ2v) is 9.78. The van der Waals surface area contributed by atoms with Crippen LogP contribution in [0.15, 0.2) is 78.4 Å². The molecule has 3 aromatic carbocycles. The zero-order valence-electron chi connectivity index (χ0n) is 22.1. The number of aryl methyl sites for hydroxylation is 1. The van der Waals surface area contributed by atoms with Gasteiger partial charge in [0.1, 0.15) is 11.5 Å². The quantitative estimate of drug-likeness (QED) is 0.181. The van der Waals surface area contributed by atoms with E-state index in [4.69, 9.17) is 9.47 Å². The number of carbonyl (C=O) groups is 3. The molecule has 1 N–H and O–H groups in total. The first kappa shape index (κ1) is 26.7. The molecule has 0 aliphatic carbocycles. The van der Waals surface area contributed by atoms with E-state index in [1.165, 1.54) is 11.0 Å². The molecule has 7 nitrogen and oxygen atoms in total. The fourth-order valence-corrected chi connectivity index (χ4v) is 4.44. The van der Waals surface area contributed by atoms with Crippen molar-refractivity contribution in [3.63, 3.8) is 0 Å². The average Bonchev–Trinajstić information content (AvgIpc) is 3.13. The third kappa shape index (κ3) is 5.47. The van der Waals surface area contributed by atoms with Crippen LogP contribution < -0.4 is 9.64 Å². The van der Waals surface area contributed by atoms with Crippen molar-refractivity contribution >= 4 is 29.1 Å². The van der Waals surface area contributed by atoms with Gasteiger partial charge in [-0.1, -0.05) is 35.9 Å². The van der Waals surface area contributed by atoms with E-state index >= 15 is 0 Å². The van der Waals surface area contributed by atoms with E-state index in [0.29, 0.717) is 22.6 Å². The van der Waals surface area contributed by atoms with Crippen molar-refractivity contribution in [3.05, 3.63) is 101 Å². The molecule has 1 amide bonds. The molecule has 1 saturated heterocycles. The van der Waals surface area contributed by atoms with Gasteiger partial charge < -0.3 is 14.6 Å². The van der Waals surface area contributed by atoms with Crippen LogP contribution in [0.25, 0.3) is 5.76 Å². The predicted molar refractivity (Wildman–Crippen MR) is 145 cm³/mol. The molecule has 196 valence electrons. The first-order valence-electron chi connectivity index (χ1n) is 12.5. The fourth-order valence-electron chi connectivity index (χ4n) is 4.44. The van der Waals surface area contributed by atoms with Gasteiger partial charge in [0.05, 0.1) is 29.4 Å². The Kier molecular flexibility index (Phi) is 7.67. The number of aliphatic hydroxyl groups excluding tert-OH is 1. The highest BCUT2D eigenvalue weighted by atomic mass is 16.5. The molecule has 4 rings (SSSR count). The minimum atomic E-state index is -0.905. The summed E-state index contributed by atoms with van der Waals surface area (Å²) in [7, 11) is 0. The molecule has 1 fully saturated rings. The highest BCUT2D eigenvalue weighted by Crippen LogP contribution is 2.42. The van der Waals surface area contributed by atoms with Crippen molar-refractivity contribution in [3.8, 4) is 5.75 Å². The van der Waals surface area contributed by atoms with Gasteiger partial charge in [0.2, 0.25) is 0 Å². The maximum absolute atomic E-state index is 13.4. The zero-order chi connectivity index (χ0) is 27.6. The van der Waals surface area contributed by atoms with E-state index < -0.39 is 23.7 Å². The summed E-state index contributed by atoms with van der Waals surface area (Å²) in [6.45, 7) is 9.23. The first-order valence-corrected chi connectivity index (χ1v) is 12.5. The Morgan fingerprint density at radius 1 is 0.868 bits per heavy atom. The Morgan fingerprint density at radius 3 is 2.18 bits per heavy atom. The number of nitrogens with zero attached hydrogens (tertiary/aromatic N) is 1. The number of Topliss-reactive ketones (excluding diaryl/α,β-unsaturated/α-hetero) is 1. The lowest BCUT2D eigenvalue weighted by Gasteiger charge is -2.26. The monoisotopic (exact) mass is 513 g/mol. The van der Waals surface area contributed by atoms with Gasteiger partial charge in [0.15, 0.2) is 0 Å². The summed E-state index contributed by atoms with van der Waals surface area (Å²) in [6.07, 6.45) is -0.334. The summed E-state index contributed by atoms with van der Waals surface area (Å²) < 4.78 is 11.0. The lowest BCUT2D eigenvalue weighted by Crippen LogP contribution is -2.29. The molecule has 1 heterocycles. The summed E-state index contributed by atoms with van der Waals surface area (Å²) in [5.74, 6) is -1.81. The second kappa shape index (κ2) is 10.9. The van der Waals surface area contributed by atoms with Gasteiger partial charge in [0, 0.05) is 11.3 Å². The number of esters is 1. The number of hydrogen-bond donors (Lipinski definition) is 1. The number of rotatable bonds is 7. The van der Waals surface area contributed by atoms with Crippen molar-refractivity contribution in [2.45, 2.75) is 52.9 Å². The highest BCUT2D eigenvalue weighted by Gasteiger charge is 2.47. The maximum Gasteiger partial charge on any atom is 0.338 e. The van der Waals surface area contributed by atoms with Crippen LogP contribution in [0.5, 0.6) is 5.75 Å². The number of amides is 1. The van der Waals surface area contributed by atoms with Gasteiger partial charge >= 0.3 is 5.97 Å². The molecule has 0 spiro atoms. The van der Waals surface area contributed by atoms with Crippen LogP contribution in [-0.4, -0.2) is 35.0 Å². The van der Waals surface area contributed by atoms with E-state index in [1.54, 1.807) is 62.4 Å². The minimum absolute atomic E-state index is 0.0188. The van der Waals surface area contributed by atoms with Crippen LogP contribution in [0.4, 0.5) is 5.69 Å². The van der Waals surface area contributed by atoms with Gasteiger partial charge in [-0.15, -0.1) is 0 Å². The van der Waals surface area contributed by atoms with Crippen molar-refractivity contribution in [1.82, 2.24) is 0 Å². The summed E-state index contributed by atoms with van der Waals surface area (Å²) in [5.41, 5.74) is 2.52. The molecule has 1 aliphatic rings. The topological polar surface area (TPSA) is 93.1 Å². The zero-order valence-corrected chi connectivity index (χ0v) is 22.1. The number of aliphatic hydroxyl groups is 1. The van der Waals surface area contributed by atoms with Crippen molar-refractivity contribution in [2.75, 3.05) is 4.90 Å². The third-order valence-corrected chi connectivity index (χ3v) is 6.00. The molecular formula is C31H31NO6. The smallest absolute Gasteiger partial charge is 0.338 e. The highest BCUT2D eigenvalue weighted by molar-refractivity contribution is 6.51. The Hall–Kier alpha value is -4.39. The first-order chi connectivity index (χ1) is 18.1. The average molecular weight is 514 g/mol. The number of hydrogen-bond acceptors (Lipinski definition) is 6. The van der Waals surface area contributed by atoms with E-state index in [-0.39, 0.29) is 29.1 Å². The van der Waals surface area contributed by atoms with Gasteiger partial charge in [-0.2, -0.15) is 0 Å². The number of carbonyl (C=O) groups excluding carboxylic acids is 3. The van der Waals surface area contributed by atoms with Crippen LogP contribution >= 0.6 is 0 Å². The molecule has 0 radical (unpaired) electrons. The van der Waals surface area contributed by atoms with Crippen LogP contribution in [-0.2, 0) is 14.3 Å². The summed E-state index contributed by atoms with van der Waals surface area (Å²) in [5, 5.41) is 11.4. The molecular weight excluding hydrogens is 482 g/mol. The van der Waals surface area contributed by atoms with Crippen LogP contribution in [0.3, 0.4) is 0 Å². The maximum atomic E-state index is 13.4. The molecule has 1 aliphatic heterocycles. The van der Waals surface area contributed by atoms with Gasteiger partial charge in [-0.25, -0.2) is 4.79 Å². The predicted octanol–water partition coefficient (Wildman–Crippen LogP) is 5.97. The molecule has 3 aromatic rings. The normalized spacial score (nSPS) is 16.8. The molecule has 1 atom stereocenters. The van der Waals surface area contributed by atoms with Crippen LogP contribution in [0.2, 0.25) is 0 Å². The Bertz CT molecular complexity index is 1400. The number of ketones is 1. The fraction of sp³-hybridized carbons (Fsp3) is 0.258. The second-order valence-electron chi connectivity index (χ2n) is 9.78. The summed E-state index contributed by atoms with van der Waals surface area (Å²) in [4.78, 5) is 40.8. The van der Waals surface area contributed by atoms with Gasteiger partial charge in [0.25, 0.3) is 11.7 Å². The Labute approximate surface area is 222 Å². The summed E-state index contributed by atoms with van der Waals surface area (Å²) >= 11 is 0. The van der Waals surface area contributed by atoms with E-state index in [2.05, 4.69) is 0 Å². The standard InChI is InChI=1S/C31H31NO6/c1-18(2)37-25-14-12-21(13-15-25)28(33)26-27(22-9-6-8-20(5)16-22)32(30(35)29(26)34)24-11-7-10-23(17-24)31(36)38-19(3)4/h6-19,27,33H,1-5H3/b28-26+. The van der Waals surface area contributed by atoms with E-state index in [0.717, 1.165) is 5.56 Å². The molecule has 7 heteroatoms. The SMILES string of the molecule is Cc1cccc(C2/C(=C(\O)c3ccc(OC(C)C)cc3)C(=O)C(=O)N2c2cccc(C(=O)OC(C)C)c2)c1. The molecule has 0 aromatic heterocycles. The Balaban J connectivity index is 1.85. The van der Waals surface area contributed by atoms with Crippen molar-refractivity contribution < 1.29 is 29.0 Å². The van der Waals surface area contributed by atoms with E-state index in [1.807, 2.05) is 39.0 Å². The summed E-state index contributed by atoms with van der Waals surface area (Å²) in [6, 6.07) is 19.6. The molecule has 0 saturated carbocycles. The van der Waals surface area contributed by atoms with Crippen molar-refractivity contribution in [2.24, 2.45) is 0 Å².